The fraction of sp³-hybridized carbons (Fsp3) is 0.357. The molecule has 6 heteroatoms. The van der Waals surface area contributed by atoms with Crippen LogP contribution in [0, 0.1) is 10.1 Å². The molecule has 0 aliphatic rings. The summed E-state index contributed by atoms with van der Waals surface area (Å²) in [5.74, 6) is -0.559. The molecule has 0 unspecified atom stereocenters. The number of nitro benzene ring substituents is 1. The van der Waals surface area contributed by atoms with E-state index >= 15 is 0 Å². The topological polar surface area (TPSA) is 78.7 Å². The van der Waals surface area contributed by atoms with E-state index in [1.165, 1.54) is 25.3 Å². The maximum Gasteiger partial charge on any atom is 0.337 e. The molecule has 0 amide bonds. The monoisotopic (exact) mass is 281 g/mol. The highest BCUT2D eigenvalue weighted by molar-refractivity contribution is 5.90. The number of rotatable bonds is 5. The average molecular weight is 281 g/mol. The van der Waals surface area contributed by atoms with Gasteiger partial charge in [-0.25, -0.2) is 4.79 Å². The Morgan fingerprint density at radius 1 is 1.40 bits per heavy atom. The lowest BCUT2D eigenvalue weighted by atomic mass is 10.2. The summed E-state index contributed by atoms with van der Waals surface area (Å²) in [4.78, 5) is 21.5. The average Bonchev–Trinajstić information content (AvgIpc) is 2.45. The Labute approximate surface area is 118 Å². The second kappa shape index (κ2) is 8.68. The number of carbonyl (C=O) groups is 1. The molecule has 0 saturated heterocycles. The molecule has 1 aromatic carbocycles. The number of esters is 1. The molecule has 0 N–H and O–H groups in total. The molecule has 1 rings (SSSR count). The van der Waals surface area contributed by atoms with Crippen molar-refractivity contribution in [2.45, 2.75) is 20.8 Å². The zero-order valence-corrected chi connectivity index (χ0v) is 12.1. The van der Waals surface area contributed by atoms with E-state index in [2.05, 4.69) is 11.3 Å². The lowest BCUT2D eigenvalue weighted by Crippen LogP contribution is -2.05. The van der Waals surface area contributed by atoms with E-state index in [1.807, 2.05) is 13.8 Å². The van der Waals surface area contributed by atoms with Gasteiger partial charge in [0.15, 0.2) is 5.75 Å². The molecule has 0 bridgehead atoms. The summed E-state index contributed by atoms with van der Waals surface area (Å²) in [5, 5.41) is 10.8. The molecule has 0 aliphatic heterocycles. The molecule has 0 saturated carbocycles. The van der Waals surface area contributed by atoms with Gasteiger partial charge in [-0.2, -0.15) is 0 Å². The first-order valence-corrected chi connectivity index (χ1v) is 6.09. The fourth-order valence-corrected chi connectivity index (χ4v) is 1.23. The summed E-state index contributed by atoms with van der Waals surface area (Å²) in [7, 11) is 1.23. The van der Waals surface area contributed by atoms with Crippen molar-refractivity contribution in [3.05, 3.63) is 46.0 Å². The van der Waals surface area contributed by atoms with Crippen LogP contribution in [0.2, 0.25) is 0 Å². The van der Waals surface area contributed by atoms with Gasteiger partial charge in [0.1, 0.15) is 6.61 Å². The van der Waals surface area contributed by atoms with Crippen molar-refractivity contribution in [3.8, 4) is 5.75 Å². The molecule has 6 nitrogen and oxygen atoms in total. The minimum absolute atomic E-state index is 0.0194. The summed E-state index contributed by atoms with van der Waals surface area (Å²) >= 11 is 0. The molecule has 0 fully saturated rings. The maximum absolute atomic E-state index is 11.3. The van der Waals surface area contributed by atoms with Crippen molar-refractivity contribution in [2.75, 3.05) is 13.7 Å². The van der Waals surface area contributed by atoms with Gasteiger partial charge >= 0.3 is 11.7 Å². The summed E-state index contributed by atoms with van der Waals surface area (Å²) < 4.78 is 9.78. The van der Waals surface area contributed by atoms with Crippen LogP contribution in [0.5, 0.6) is 5.75 Å². The highest BCUT2D eigenvalue weighted by atomic mass is 16.6. The van der Waals surface area contributed by atoms with Crippen LogP contribution in [-0.4, -0.2) is 24.6 Å². The van der Waals surface area contributed by atoms with Crippen LogP contribution in [0.3, 0.4) is 0 Å². The van der Waals surface area contributed by atoms with Gasteiger partial charge in [0.05, 0.1) is 17.6 Å². The van der Waals surface area contributed by atoms with Crippen molar-refractivity contribution >= 4 is 11.7 Å². The van der Waals surface area contributed by atoms with E-state index in [0.29, 0.717) is 5.57 Å². The van der Waals surface area contributed by atoms with Crippen LogP contribution in [0.25, 0.3) is 0 Å². The van der Waals surface area contributed by atoms with E-state index in [9.17, 15) is 14.9 Å². The Bertz CT molecular complexity index is 496. The van der Waals surface area contributed by atoms with Crippen LogP contribution in [0.4, 0.5) is 5.69 Å². The van der Waals surface area contributed by atoms with E-state index < -0.39 is 10.9 Å². The zero-order chi connectivity index (χ0) is 15.7. The minimum atomic E-state index is -0.579. The number of nitrogens with zero attached hydrogens (tertiary/aromatic N) is 1. The molecular formula is C14H19NO5. The van der Waals surface area contributed by atoms with Crippen molar-refractivity contribution in [1.29, 1.82) is 0 Å². The van der Waals surface area contributed by atoms with E-state index in [-0.39, 0.29) is 23.6 Å². The van der Waals surface area contributed by atoms with Gasteiger partial charge in [-0.15, -0.1) is 0 Å². The molecule has 0 heterocycles. The van der Waals surface area contributed by atoms with Crippen LogP contribution in [-0.2, 0) is 4.74 Å². The van der Waals surface area contributed by atoms with E-state index in [1.54, 1.807) is 6.92 Å². The number of nitro groups is 1. The van der Waals surface area contributed by atoms with Crippen molar-refractivity contribution in [1.82, 2.24) is 0 Å². The Hall–Kier alpha value is -2.37. The van der Waals surface area contributed by atoms with Gasteiger partial charge in [-0.3, -0.25) is 10.1 Å². The van der Waals surface area contributed by atoms with Gasteiger partial charge < -0.3 is 9.47 Å². The number of benzene rings is 1. The Balaban J connectivity index is 0.00000172. The number of methoxy groups -OCH3 is 1. The van der Waals surface area contributed by atoms with Gasteiger partial charge in [-0.05, 0) is 18.6 Å². The third kappa shape index (κ3) is 5.09. The van der Waals surface area contributed by atoms with E-state index in [0.717, 1.165) is 0 Å². The smallest absolute Gasteiger partial charge is 0.337 e. The SMILES string of the molecule is C=C(C)COc1cc(C(=O)OC)ccc1[N+](=O)[O-].CC. The van der Waals surface area contributed by atoms with Crippen molar-refractivity contribution in [2.24, 2.45) is 0 Å². The molecule has 0 spiro atoms. The maximum atomic E-state index is 11.3. The first-order valence-electron chi connectivity index (χ1n) is 6.09. The molecule has 0 atom stereocenters. The van der Waals surface area contributed by atoms with Crippen LogP contribution in [0.1, 0.15) is 31.1 Å². The molecular weight excluding hydrogens is 262 g/mol. The molecule has 0 radical (unpaired) electrons. The Morgan fingerprint density at radius 2 is 2.00 bits per heavy atom. The van der Waals surface area contributed by atoms with Crippen LogP contribution < -0.4 is 4.74 Å². The molecule has 110 valence electrons. The quantitative estimate of drug-likeness (QED) is 0.358. The van der Waals surface area contributed by atoms with Crippen molar-refractivity contribution < 1.29 is 19.2 Å². The lowest BCUT2D eigenvalue weighted by Gasteiger charge is -2.07. The Kier molecular flexibility index (Phi) is 7.65. The Morgan fingerprint density at radius 3 is 2.45 bits per heavy atom. The van der Waals surface area contributed by atoms with Gasteiger partial charge in [-0.1, -0.05) is 20.4 Å². The summed E-state index contributed by atoms with van der Waals surface area (Å²) in [5.41, 5.74) is 0.705. The third-order valence-electron chi connectivity index (χ3n) is 2.05. The molecule has 0 aromatic heterocycles. The second-order valence-electron chi connectivity index (χ2n) is 3.68. The third-order valence-corrected chi connectivity index (χ3v) is 2.05. The van der Waals surface area contributed by atoms with Crippen LogP contribution in [0.15, 0.2) is 30.4 Å². The minimum Gasteiger partial charge on any atom is -0.482 e. The standard InChI is InChI=1S/C12H13NO5.C2H6/c1-8(2)7-18-11-6-9(12(14)17-3)4-5-10(11)13(15)16;1-2/h4-6H,1,7H2,2-3H3;1-2H3. The van der Waals surface area contributed by atoms with Gasteiger partial charge in [0.2, 0.25) is 0 Å². The fourth-order valence-electron chi connectivity index (χ4n) is 1.23. The first-order chi connectivity index (χ1) is 9.45. The number of hydrogen-bond donors (Lipinski definition) is 0. The highest BCUT2D eigenvalue weighted by Gasteiger charge is 2.18. The normalized spacial score (nSPS) is 9.00. The predicted octanol–water partition coefficient (Wildman–Crippen LogP) is 3.36. The number of ether oxygens (including phenoxy) is 2. The summed E-state index contributed by atoms with van der Waals surface area (Å²) in [6.07, 6.45) is 0. The van der Waals surface area contributed by atoms with E-state index in [4.69, 9.17) is 4.74 Å². The molecule has 20 heavy (non-hydrogen) atoms. The van der Waals surface area contributed by atoms with Crippen LogP contribution >= 0.6 is 0 Å². The predicted molar refractivity (Wildman–Crippen MR) is 76.1 cm³/mol. The number of carbonyl (C=O) groups excluding carboxylic acids is 1. The largest absolute Gasteiger partial charge is 0.482 e. The lowest BCUT2D eigenvalue weighted by molar-refractivity contribution is -0.385. The second-order valence-corrected chi connectivity index (χ2v) is 3.68. The zero-order valence-electron chi connectivity index (χ0n) is 12.1. The molecule has 0 aliphatic carbocycles. The van der Waals surface area contributed by atoms with Gasteiger partial charge in [0, 0.05) is 12.1 Å². The van der Waals surface area contributed by atoms with Gasteiger partial charge in [0.25, 0.3) is 0 Å². The first kappa shape index (κ1) is 17.6. The number of hydrogen-bond acceptors (Lipinski definition) is 5. The summed E-state index contributed by atoms with van der Waals surface area (Å²) in [6, 6.07) is 3.81. The molecule has 1 aromatic rings. The van der Waals surface area contributed by atoms with Crippen molar-refractivity contribution in [3.63, 3.8) is 0 Å². The highest BCUT2D eigenvalue weighted by Crippen LogP contribution is 2.28. The summed E-state index contributed by atoms with van der Waals surface area (Å²) in [6.45, 7) is 9.51.